The van der Waals surface area contributed by atoms with E-state index >= 15 is 0 Å². The number of carbonyl (C=O) groups is 1. The third kappa shape index (κ3) is 2.83. The van der Waals surface area contributed by atoms with Gasteiger partial charge in [0.25, 0.3) is 0 Å². The molecular weight excluding hydrogens is 174 g/mol. The number of ketones is 1. The van der Waals surface area contributed by atoms with Crippen LogP contribution in [0.1, 0.15) is 46.0 Å². The molecule has 1 aliphatic rings. The molecule has 0 radical (unpaired) electrons. The number of carbonyl (C=O) groups excluding carboxylic acids is 1. The molecule has 1 saturated carbocycles. The van der Waals surface area contributed by atoms with E-state index in [1.54, 1.807) is 0 Å². The SMILES string of the molecule is CC(C)CC(C#N)C(=O)C1CCCC1. The van der Waals surface area contributed by atoms with Crippen LogP contribution in [0.5, 0.6) is 0 Å². The molecule has 1 unspecified atom stereocenters. The molecule has 1 atom stereocenters. The molecule has 2 heteroatoms. The van der Waals surface area contributed by atoms with Gasteiger partial charge in [-0.1, -0.05) is 26.7 Å². The molecular formula is C12H19NO. The summed E-state index contributed by atoms with van der Waals surface area (Å²) in [4.78, 5) is 11.9. The molecule has 0 bridgehead atoms. The second-order valence-corrected chi connectivity index (χ2v) is 4.69. The summed E-state index contributed by atoms with van der Waals surface area (Å²) >= 11 is 0. The van der Waals surface area contributed by atoms with Crippen LogP contribution in [-0.4, -0.2) is 5.78 Å². The largest absolute Gasteiger partial charge is 0.298 e. The van der Waals surface area contributed by atoms with Gasteiger partial charge in [0.2, 0.25) is 0 Å². The van der Waals surface area contributed by atoms with Gasteiger partial charge in [-0.15, -0.1) is 0 Å². The van der Waals surface area contributed by atoms with Crippen LogP contribution in [-0.2, 0) is 4.79 Å². The topological polar surface area (TPSA) is 40.9 Å². The molecule has 0 aliphatic heterocycles. The van der Waals surface area contributed by atoms with Crippen molar-refractivity contribution in [2.45, 2.75) is 46.0 Å². The maximum atomic E-state index is 11.9. The standard InChI is InChI=1S/C12H19NO/c1-9(2)7-11(8-13)12(14)10-5-3-4-6-10/h9-11H,3-7H2,1-2H3. The fourth-order valence-electron chi connectivity index (χ4n) is 2.20. The minimum atomic E-state index is -0.349. The van der Waals surface area contributed by atoms with Crippen molar-refractivity contribution in [3.63, 3.8) is 0 Å². The Kier molecular flexibility index (Phi) is 4.13. The first-order valence-electron chi connectivity index (χ1n) is 5.58. The number of Topliss-reactive ketones (excluding diaryl/α,β-unsaturated/α-hetero) is 1. The van der Waals surface area contributed by atoms with Crippen molar-refractivity contribution >= 4 is 5.78 Å². The average molecular weight is 193 g/mol. The first kappa shape index (κ1) is 11.2. The summed E-state index contributed by atoms with van der Waals surface area (Å²) in [6.07, 6.45) is 5.07. The molecule has 0 aromatic heterocycles. The molecule has 0 aromatic rings. The van der Waals surface area contributed by atoms with E-state index in [4.69, 9.17) is 5.26 Å². The average Bonchev–Trinajstić information content (AvgIpc) is 2.65. The van der Waals surface area contributed by atoms with Crippen LogP contribution < -0.4 is 0 Å². The van der Waals surface area contributed by atoms with Crippen molar-refractivity contribution in [3.05, 3.63) is 0 Å². The molecule has 1 rings (SSSR count). The maximum absolute atomic E-state index is 11.9. The smallest absolute Gasteiger partial charge is 0.153 e. The van der Waals surface area contributed by atoms with Crippen molar-refractivity contribution in [2.75, 3.05) is 0 Å². The monoisotopic (exact) mass is 193 g/mol. The second kappa shape index (κ2) is 5.14. The summed E-state index contributed by atoms with van der Waals surface area (Å²) in [5, 5.41) is 8.93. The highest BCUT2D eigenvalue weighted by Crippen LogP contribution is 2.29. The van der Waals surface area contributed by atoms with E-state index in [-0.39, 0.29) is 17.6 Å². The Bertz CT molecular complexity index is 233. The van der Waals surface area contributed by atoms with Gasteiger partial charge in [0, 0.05) is 5.92 Å². The van der Waals surface area contributed by atoms with Gasteiger partial charge >= 0.3 is 0 Å². The fourth-order valence-corrected chi connectivity index (χ4v) is 2.20. The van der Waals surface area contributed by atoms with Crippen molar-refractivity contribution < 1.29 is 4.79 Å². The summed E-state index contributed by atoms with van der Waals surface area (Å²) in [6.45, 7) is 4.12. The predicted molar refractivity (Wildman–Crippen MR) is 55.5 cm³/mol. The number of hydrogen-bond donors (Lipinski definition) is 0. The Morgan fingerprint density at radius 3 is 2.43 bits per heavy atom. The number of nitriles is 1. The van der Waals surface area contributed by atoms with E-state index in [1.807, 2.05) is 0 Å². The summed E-state index contributed by atoms with van der Waals surface area (Å²) in [6, 6.07) is 2.16. The molecule has 0 heterocycles. The third-order valence-corrected chi connectivity index (χ3v) is 2.96. The van der Waals surface area contributed by atoms with Gasteiger partial charge in [0.15, 0.2) is 5.78 Å². The van der Waals surface area contributed by atoms with Crippen molar-refractivity contribution in [1.29, 1.82) is 5.26 Å². The van der Waals surface area contributed by atoms with Crippen LogP contribution in [0, 0.1) is 29.1 Å². The highest BCUT2D eigenvalue weighted by molar-refractivity contribution is 5.85. The highest BCUT2D eigenvalue weighted by Gasteiger charge is 2.29. The van der Waals surface area contributed by atoms with Crippen LogP contribution in [0.4, 0.5) is 0 Å². The zero-order valence-electron chi connectivity index (χ0n) is 9.12. The zero-order valence-corrected chi connectivity index (χ0v) is 9.12. The summed E-state index contributed by atoms with van der Waals surface area (Å²) in [7, 11) is 0. The predicted octanol–water partition coefficient (Wildman–Crippen LogP) is 2.93. The Hall–Kier alpha value is -0.840. The summed E-state index contributed by atoms with van der Waals surface area (Å²) in [5.74, 6) is 0.486. The van der Waals surface area contributed by atoms with E-state index in [1.165, 1.54) is 0 Å². The molecule has 0 spiro atoms. The zero-order chi connectivity index (χ0) is 10.6. The molecule has 0 aromatic carbocycles. The quantitative estimate of drug-likeness (QED) is 0.688. The van der Waals surface area contributed by atoms with Gasteiger partial charge in [0.05, 0.1) is 6.07 Å². The van der Waals surface area contributed by atoms with E-state index < -0.39 is 0 Å². The van der Waals surface area contributed by atoms with Gasteiger partial charge < -0.3 is 0 Å². The number of hydrogen-bond acceptors (Lipinski definition) is 2. The lowest BCUT2D eigenvalue weighted by Crippen LogP contribution is -2.21. The molecule has 1 aliphatic carbocycles. The summed E-state index contributed by atoms with van der Waals surface area (Å²) < 4.78 is 0. The van der Waals surface area contributed by atoms with Gasteiger partial charge in [0.1, 0.15) is 5.92 Å². The first-order chi connectivity index (χ1) is 6.65. The summed E-state index contributed by atoms with van der Waals surface area (Å²) in [5.41, 5.74) is 0. The normalized spacial score (nSPS) is 19.6. The highest BCUT2D eigenvalue weighted by atomic mass is 16.1. The van der Waals surface area contributed by atoms with Crippen molar-refractivity contribution in [3.8, 4) is 6.07 Å². The van der Waals surface area contributed by atoms with Gasteiger partial charge in [-0.2, -0.15) is 5.26 Å². The third-order valence-electron chi connectivity index (χ3n) is 2.96. The van der Waals surface area contributed by atoms with Crippen LogP contribution in [0.3, 0.4) is 0 Å². The lowest BCUT2D eigenvalue weighted by Gasteiger charge is -2.14. The maximum Gasteiger partial charge on any atom is 0.153 e. The molecule has 2 nitrogen and oxygen atoms in total. The molecule has 78 valence electrons. The van der Waals surface area contributed by atoms with Gasteiger partial charge in [-0.25, -0.2) is 0 Å². The molecule has 0 N–H and O–H groups in total. The fraction of sp³-hybridized carbons (Fsp3) is 0.833. The first-order valence-corrected chi connectivity index (χ1v) is 5.58. The van der Waals surface area contributed by atoms with E-state index in [0.29, 0.717) is 5.92 Å². The molecule has 14 heavy (non-hydrogen) atoms. The lowest BCUT2D eigenvalue weighted by molar-refractivity contribution is -0.125. The van der Waals surface area contributed by atoms with E-state index in [0.717, 1.165) is 32.1 Å². The number of nitrogens with zero attached hydrogens (tertiary/aromatic N) is 1. The van der Waals surface area contributed by atoms with Crippen molar-refractivity contribution in [2.24, 2.45) is 17.8 Å². The Morgan fingerprint density at radius 2 is 2.00 bits per heavy atom. The molecule has 1 fully saturated rings. The molecule has 0 amide bonds. The molecule has 0 saturated heterocycles. The Balaban J connectivity index is 2.51. The van der Waals surface area contributed by atoms with Crippen LogP contribution in [0.25, 0.3) is 0 Å². The minimum Gasteiger partial charge on any atom is -0.298 e. The number of rotatable bonds is 4. The van der Waals surface area contributed by atoms with Gasteiger partial charge in [-0.3, -0.25) is 4.79 Å². The van der Waals surface area contributed by atoms with Gasteiger partial charge in [-0.05, 0) is 25.2 Å². The Morgan fingerprint density at radius 1 is 1.43 bits per heavy atom. The van der Waals surface area contributed by atoms with Crippen LogP contribution >= 0.6 is 0 Å². The lowest BCUT2D eigenvalue weighted by atomic mass is 9.87. The van der Waals surface area contributed by atoms with E-state index in [9.17, 15) is 4.79 Å². The van der Waals surface area contributed by atoms with Crippen molar-refractivity contribution in [1.82, 2.24) is 0 Å². The minimum absolute atomic E-state index is 0.193. The van der Waals surface area contributed by atoms with Crippen LogP contribution in [0.15, 0.2) is 0 Å². The van der Waals surface area contributed by atoms with Crippen LogP contribution in [0.2, 0.25) is 0 Å². The second-order valence-electron chi connectivity index (χ2n) is 4.69. The Labute approximate surface area is 86.3 Å². The van der Waals surface area contributed by atoms with E-state index in [2.05, 4.69) is 19.9 Å².